The summed E-state index contributed by atoms with van der Waals surface area (Å²) in [6.07, 6.45) is 9.88. The molecule has 0 radical (unpaired) electrons. The molecule has 0 bridgehead atoms. The third-order valence-corrected chi connectivity index (χ3v) is 9.77. The molecule has 186 valence electrons. The Morgan fingerprint density at radius 1 is 1.03 bits per heavy atom. The van der Waals surface area contributed by atoms with Crippen molar-refractivity contribution in [1.82, 2.24) is 4.90 Å². The van der Waals surface area contributed by atoms with Crippen molar-refractivity contribution in [2.24, 2.45) is 29.6 Å². The van der Waals surface area contributed by atoms with Crippen LogP contribution in [-0.2, 0) is 19.1 Å². The Kier molecular flexibility index (Phi) is 5.20. The molecule has 0 heterocycles. The van der Waals surface area contributed by atoms with Crippen LogP contribution < -0.4 is 0 Å². The quantitative estimate of drug-likeness (QED) is 0.498. The molecule has 3 saturated carbocycles. The van der Waals surface area contributed by atoms with Gasteiger partial charge < -0.3 is 4.74 Å². The summed E-state index contributed by atoms with van der Waals surface area (Å²) in [5, 5.41) is 0. The summed E-state index contributed by atoms with van der Waals surface area (Å²) in [5.41, 5.74) is 7.96. The average molecular weight is 476 g/mol. The molecule has 0 aromatic heterocycles. The second kappa shape index (κ2) is 7.86. The van der Waals surface area contributed by atoms with Crippen LogP contribution in [0.1, 0.15) is 65.7 Å². The van der Waals surface area contributed by atoms with Crippen molar-refractivity contribution in [1.29, 1.82) is 0 Å². The van der Waals surface area contributed by atoms with E-state index in [-0.39, 0.29) is 35.3 Å². The molecule has 35 heavy (non-hydrogen) atoms. The number of hydrogen-bond donors (Lipinski definition) is 0. The van der Waals surface area contributed by atoms with E-state index in [4.69, 9.17) is 4.74 Å². The van der Waals surface area contributed by atoms with Crippen LogP contribution in [0.25, 0.3) is 0 Å². The number of carbonyl (C=O) groups excluding carboxylic acids is 3. The molecule has 6 rings (SSSR count). The number of allylic oxidation sites excluding steroid dienone is 6. The largest absolute Gasteiger partial charge is 0.458 e. The van der Waals surface area contributed by atoms with Crippen LogP contribution >= 0.6 is 0 Å². The van der Waals surface area contributed by atoms with Gasteiger partial charge in [0.15, 0.2) is 5.78 Å². The molecule has 0 amide bonds. The zero-order valence-electron chi connectivity index (χ0n) is 21.6. The molecule has 0 saturated heterocycles. The first kappa shape index (κ1) is 23.1. The second-order valence-electron chi connectivity index (χ2n) is 12.1. The summed E-state index contributed by atoms with van der Waals surface area (Å²) in [7, 11) is 4.28. The molecule has 5 unspecified atom stereocenters. The van der Waals surface area contributed by atoms with Gasteiger partial charge in [0.1, 0.15) is 11.4 Å². The Bertz CT molecular complexity index is 1140. The number of hydrogen-bond acceptors (Lipinski definition) is 5. The van der Waals surface area contributed by atoms with Gasteiger partial charge in [-0.05, 0) is 111 Å². The number of likely N-dealkylation sites (N-methyl/N-ethyl adjacent to an activating group) is 1. The van der Waals surface area contributed by atoms with Crippen molar-refractivity contribution in [3.63, 3.8) is 0 Å². The minimum Gasteiger partial charge on any atom is -0.458 e. The Morgan fingerprint density at radius 3 is 2.37 bits per heavy atom. The first-order chi connectivity index (χ1) is 16.6. The van der Waals surface area contributed by atoms with Gasteiger partial charge in [-0.25, -0.2) is 0 Å². The van der Waals surface area contributed by atoms with Crippen molar-refractivity contribution < 1.29 is 19.1 Å². The highest BCUT2D eigenvalue weighted by Crippen LogP contribution is 2.73. The monoisotopic (exact) mass is 475 g/mol. The highest BCUT2D eigenvalue weighted by molar-refractivity contribution is 5.93. The molecule has 0 aromatic rings. The summed E-state index contributed by atoms with van der Waals surface area (Å²) in [4.78, 5) is 39.7. The van der Waals surface area contributed by atoms with E-state index in [9.17, 15) is 14.4 Å². The summed E-state index contributed by atoms with van der Waals surface area (Å²) >= 11 is 0. The minimum atomic E-state index is -0.742. The van der Waals surface area contributed by atoms with Gasteiger partial charge in [0.25, 0.3) is 0 Å². The molecule has 5 atom stereocenters. The molecule has 5 heteroatoms. The van der Waals surface area contributed by atoms with Gasteiger partial charge in [-0.3, -0.25) is 19.3 Å². The van der Waals surface area contributed by atoms with Crippen LogP contribution in [0.5, 0.6) is 0 Å². The van der Waals surface area contributed by atoms with Crippen molar-refractivity contribution >= 4 is 17.5 Å². The lowest BCUT2D eigenvalue weighted by atomic mass is 9.67. The van der Waals surface area contributed by atoms with Crippen molar-refractivity contribution in [2.45, 2.75) is 77.4 Å². The van der Waals surface area contributed by atoms with Gasteiger partial charge in [0.2, 0.25) is 0 Å². The Labute approximate surface area is 208 Å². The predicted octanol–water partition coefficient (Wildman–Crippen LogP) is 4.74. The number of Topliss-reactive ketones (excluding diaryl/α,β-unsaturated/α-hetero) is 1. The van der Waals surface area contributed by atoms with Crippen LogP contribution in [0.3, 0.4) is 0 Å². The average Bonchev–Trinajstić information content (AvgIpc) is 3.57. The molecule has 0 N–H and O–H groups in total. The molecule has 0 aliphatic heterocycles. The lowest BCUT2D eigenvalue weighted by Gasteiger charge is -2.44. The lowest BCUT2D eigenvalue weighted by molar-refractivity contribution is -0.174. The normalized spacial score (nSPS) is 34.6. The molecule has 0 aromatic carbocycles. The van der Waals surface area contributed by atoms with E-state index in [1.807, 2.05) is 6.08 Å². The van der Waals surface area contributed by atoms with E-state index in [1.165, 1.54) is 18.1 Å². The number of nitrogens with zero attached hydrogens (tertiary/aromatic N) is 1. The Hall–Kier alpha value is -2.27. The van der Waals surface area contributed by atoms with Gasteiger partial charge >= 0.3 is 5.97 Å². The van der Waals surface area contributed by atoms with E-state index in [1.54, 1.807) is 29.2 Å². The zero-order chi connectivity index (χ0) is 24.8. The maximum Gasteiger partial charge on any atom is 0.303 e. The van der Waals surface area contributed by atoms with Crippen LogP contribution in [-0.4, -0.2) is 48.2 Å². The SMILES string of the molecule is CC(=O)OC1(CC(C)C2C3=C4C(=C32)C4N(C)C)C(C(C)=O)CCC1C1C=C2CCC(=O)C=C2CC1. The first-order valence-electron chi connectivity index (χ1n) is 13.4. The summed E-state index contributed by atoms with van der Waals surface area (Å²) in [6, 6.07) is 0.536. The van der Waals surface area contributed by atoms with Crippen LogP contribution in [0.2, 0.25) is 0 Å². The number of esters is 1. The van der Waals surface area contributed by atoms with Crippen molar-refractivity contribution in [3.8, 4) is 0 Å². The molecule has 6 aliphatic carbocycles. The molecular formula is C30H37NO4. The number of ketones is 2. The van der Waals surface area contributed by atoms with Crippen LogP contribution in [0, 0.1) is 29.6 Å². The van der Waals surface area contributed by atoms with Gasteiger partial charge in [-0.1, -0.05) is 13.0 Å². The Morgan fingerprint density at radius 2 is 1.74 bits per heavy atom. The highest BCUT2D eigenvalue weighted by atomic mass is 16.6. The second-order valence-corrected chi connectivity index (χ2v) is 12.1. The fourth-order valence-corrected chi connectivity index (χ4v) is 8.45. The highest BCUT2D eigenvalue weighted by Gasteiger charge is 2.66. The molecule has 5 nitrogen and oxygen atoms in total. The van der Waals surface area contributed by atoms with E-state index < -0.39 is 5.60 Å². The summed E-state index contributed by atoms with van der Waals surface area (Å²) < 4.78 is 6.33. The van der Waals surface area contributed by atoms with Crippen molar-refractivity contribution in [2.75, 3.05) is 14.1 Å². The van der Waals surface area contributed by atoms with Gasteiger partial charge in [-0.15, -0.1) is 0 Å². The third-order valence-electron chi connectivity index (χ3n) is 9.77. The zero-order valence-corrected chi connectivity index (χ0v) is 21.6. The maximum absolute atomic E-state index is 12.9. The fraction of sp³-hybridized carbons (Fsp3) is 0.633. The summed E-state index contributed by atoms with van der Waals surface area (Å²) in [6.45, 7) is 5.47. The van der Waals surface area contributed by atoms with E-state index in [2.05, 4.69) is 32.0 Å². The van der Waals surface area contributed by atoms with E-state index >= 15 is 0 Å². The molecule has 0 spiro atoms. The van der Waals surface area contributed by atoms with Gasteiger partial charge in [0.05, 0.1) is 12.0 Å². The van der Waals surface area contributed by atoms with Gasteiger partial charge in [-0.2, -0.15) is 0 Å². The minimum absolute atomic E-state index is 0.144. The third kappa shape index (κ3) is 3.41. The lowest BCUT2D eigenvalue weighted by Crippen LogP contribution is -2.50. The summed E-state index contributed by atoms with van der Waals surface area (Å²) in [5.74, 6) is 1.11. The smallest absolute Gasteiger partial charge is 0.303 e. The van der Waals surface area contributed by atoms with Crippen LogP contribution in [0.15, 0.2) is 45.6 Å². The standard InChI is InChI=1S/C30H37NO4/c1-15(24-25-26(24)28-27(25)29(28)31(4)5)14-30(35-17(3)33)22(16(2)32)10-11-23(30)20-7-6-19-13-21(34)9-8-18(19)12-20/h12-13,15,20,22-24,29H,6-11,14H2,1-5H3. The van der Waals surface area contributed by atoms with Gasteiger partial charge in [0, 0.05) is 25.2 Å². The predicted molar refractivity (Wildman–Crippen MR) is 133 cm³/mol. The van der Waals surface area contributed by atoms with E-state index in [0.29, 0.717) is 24.3 Å². The van der Waals surface area contributed by atoms with E-state index in [0.717, 1.165) is 38.5 Å². The molecule has 3 fully saturated rings. The molecule has 6 aliphatic rings. The maximum atomic E-state index is 12.9. The number of ether oxygens (including phenoxy) is 1. The first-order valence-corrected chi connectivity index (χ1v) is 13.4. The number of rotatable bonds is 7. The number of fused-ring (bicyclic) bond motifs is 3. The molecular weight excluding hydrogens is 438 g/mol. The topological polar surface area (TPSA) is 63.7 Å². The number of carbonyl (C=O) groups is 3. The van der Waals surface area contributed by atoms with Crippen molar-refractivity contribution in [3.05, 3.63) is 45.6 Å². The Balaban J connectivity index is 1.30. The van der Waals surface area contributed by atoms with Crippen LogP contribution in [0.4, 0.5) is 0 Å². The fourth-order valence-electron chi connectivity index (χ4n) is 8.45.